The van der Waals surface area contributed by atoms with E-state index in [-0.39, 0.29) is 29.0 Å². The van der Waals surface area contributed by atoms with Crippen molar-refractivity contribution in [1.82, 2.24) is 0 Å². The maximum atomic E-state index is 11.4. The fourth-order valence-corrected chi connectivity index (χ4v) is 2.07. The van der Waals surface area contributed by atoms with Gasteiger partial charge in [0.1, 0.15) is 5.78 Å². The molecule has 2 atom stereocenters. The summed E-state index contributed by atoms with van der Waals surface area (Å²) in [5, 5.41) is 0. The molecule has 0 radical (unpaired) electrons. The molecule has 0 spiro atoms. The Morgan fingerprint density at radius 3 is 2.15 bits per heavy atom. The van der Waals surface area contributed by atoms with Crippen LogP contribution in [0.1, 0.15) is 27.7 Å². The maximum Gasteiger partial charge on any atom is 0.310 e. The van der Waals surface area contributed by atoms with Gasteiger partial charge in [0.05, 0.1) is 12.5 Å². The lowest BCUT2D eigenvalue weighted by Crippen LogP contribution is -2.10. The van der Waals surface area contributed by atoms with E-state index in [0.717, 1.165) is 0 Å². The summed E-state index contributed by atoms with van der Waals surface area (Å²) in [6.45, 7) is 7.55. The second-order valence-electron chi connectivity index (χ2n) is 4.14. The third-order valence-electron chi connectivity index (χ3n) is 2.81. The lowest BCUT2D eigenvalue weighted by atomic mass is 10.1. The van der Waals surface area contributed by atoms with Gasteiger partial charge in [0.2, 0.25) is 0 Å². The Labute approximate surface area is 78.5 Å². The molecule has 0 amide bonds. The molecule has 1 aliphatic carbocycles. The van der Waals surface area contributed by atoms with Crippen LogP contribution in [0.25, 0.3) is 0 Å². The largest absolute Gasteiger partial charge is 0.466 e. The molecule has 13 heavy (non-hydrogen) atoms. The fraction of sp³-hybridized carbons (Fsp3) is 0.800. The maximum absolute atomic E-state index is 11.4. The SMILES string of the molecule is CCOC(=O)C1C(C(C)=O)C1(C)C. The third kappa shape index (κ3) is 1.60. The van der Waals surface area contributed by atoms with Crippen molar-refractivity contribution in [3.05, 3.63) is 0 Å². The zero-order valence-electron chi connectivity index (χ0n) is 8.59. The molecular formula is C10H16O3. The Morgan fingerprint density at radius 2 is 1.85 bits per heavy atom. The van der Waals surface area contributed by atoms with Gasteiger partial charge in [0.25, 0.3) is 0 Å². The average molecular weight is 184 g/mol. The molecule has 0 aliphatic heterocycles. The molecule has 3 nitrogen and oxygen atoms in total. The van der Waals surface area contributed by atoms with Crippen molar-refractivity contribution < 1.29 is 14.3 Å². The first kappa shape index (κ1) is 10.2. The van der Waals surface area contributed by atoms with Gasteiger partial charge in [-0.3, -0.25) is 9.59 Å². The smallest absolute Gasteiger partial charge is 0.310 e. The first-order chi connectivity index (χ1) is 5.92. The van der Waals surface area contributed by atoms with Gasteiger partial charge >= 0.3 is 5.97 Å². The molecule has 0 heterocycles. The first-order valence-electron chi connectivity index (χ1n) is 4.60. The van der Waals surface area contributed by atoms with Crippen molar-refractivity contribution in [2.45, 2.75) is 27.7 Å². The molecule has 1 saturated carbocycles. The van der Waals surface area contributed by atoms with Crippen molar-refractivity contribution in [1.29, 1.82) is 0 Å². The zero-order chi connectivity index (χ0) is 10.2. The molecule has 0 aromatic rings. The highest BCUT2D eigenvalue weighted by atomic mass is 16.5. The highest BCUT2D eigenvalue weighted by molar-refractivity contribution is 5.92. The molecule has 74 valence electrons. The van der Waals surface area contributed by atoms with Crippen LogP contribution in [-0.4, -0.2) is 18.4 Å². The van der Waals surface area contributed by atoms with Crippen LogP contribution in [-0.2, 0) is 14.3 Å². The van der Waals surface area contributed by atoms with E-state index in [2.05, 4.69) is 0 Å². The van der Waals surface area contributed by atoms with Crippen LogP contribution >= 0.6 is 0 Å². The predicted molar refractivity (Wildman–Crippen MR) is 48.1 cm³/mol. The second-order valence-corrected chi connectivity index (χ2v) is 4.14. The summed E-state index contributed by atoms with van der Waals surface area (Å²) in [6, 6.07) is 0. The van der Waals surface area contributed by atoms with Crippen molar-refractivity contribution in [3.63, 3.8) is 0 Å². The number of carbonyl (C=O) groups is 2. The van der Waals surface area contributed by atoms with Gasteiger partial charge in [-0.1, -0.05) is 13.8 Å². The normalized spacial score (nSPS) is 29.5. The van der Waals surface area contributed by atoms with E-state index in [0.29, 0.717) is 6.61 Å². The van der Waals surface area contributed by atoms with E-state index in [9.17, 15) is 9.59 Å². The Bertz CT molecular complexity index is 243. The van der Waals surface area contributed by atoms with Crippen LogP contribution in [0.3, 0.4) is 0 Å². The van der Waals surface area contributed by atoms with E-state index in [1.54, 1.807) is 6.92 Å². The summed E-state index contributed by atoms with van der Waals surface area (Å²) in [6.07, 6.45) is 0. The second kappa shape index (κ2) is 3.13. The van der Waals surface area contributed by atoms with E-state index < -0.39 is 0 Å². The lowest BCUT2D eigenvalue weighted by Gasteiger charge is -2.01. The van der Waals surface area contributed by atoms with Gasteiger partial charge in [-0.15, -0.1) is 0 Å². The molecule has 0 saturated heterocycles. The number of ketones is 1. The van der Waals surface area contributed by atoms with Gasteiger partial charge in [-0.2, -0.15) is 0 Å². The van der Waals surface area contributed by atoms with E-state index >= 15 is 0 Å². The topological polar surface area (TPSA) is 43.4 Å². The third-order valence-corrected chi connectivity index (χ3v) is 2.81. The van der Waals surface area contributed by atoms with Crippen molar-refractivity contribution in [3.8, 4) is 0 Å². The standard InChI is InChI=1S/C10H16O3/c1-5-13-9(12)8-7(6(2)11)10(8,3)4/h7-8H,5H2,1-4H3. The molecule has 0 aromatic heterocycles. The van der Waals surface area contributed by atoms with Crippen LogP contribution in [0.5, 0.6) is 0 Å². The van der Waals surface area contributed by atoms with Crippen LogP contribution in [0.15, 0.2) is 0 Å². The summed E-state index contributed by atoms with van der Waals surface area (Å²) in [5.41, 5.74) is -0.196. The van der Waals surface area contributed by atoms with Crippen molar-refractivity contribution >= 4 is 11.8 Å². The molecule has 1 fully saturated rings. The average Bonchev–Trinajstić information content (AvgIpc) is 2.54. The summed E-state index contributed by atoms with van der Waals surface area (Å²) in [7, 11) is 0. The van der Waals surface area contributed by atoms with Gasteiger partial charge < -0.3 is 4.74 Å². The van der Waals surface area contributed by atoms with Gasteiger partial charge in [-0.25, -0.2) is 0 Å². The van der Waals surface area contributed by atoms with Crippen LogP contribution in [0.2, 0.25) is 0 Å². The molecule has 2 unspecified atom stereocenters. The van der Waals surface area contributed by atoms with Gasteiger partial charge in [-0.05, 0) is 19.3 Å². The van der Waals surface area contributed by atoms with Crippen molar-refractivity contribution in [2.75, 3.05) is 6.61 Å². The number of ether oxygens (including phenoxy) is 1. The van der Waals surface area contributed by atoms with Crippen LogP contribution < -0.4 is 0 Å². The molecule has 1 aliphatic rings. The predicted octanol–water partition coefficient (Wildman–Crippen LogP) is 1.41. The molecule has 1 rings (SSSR count). The molecule has 3 heteroatoms. The highest BCUT2D eigenvalue weighted by Gasteiger charge is 2.64. The number of esters is 1. The summed E-state index contributed by atoms with van der Waals surface area (Å²) in [5.74, 6) is -0.493. The van der Waals surface area contributed by atoms with E-state index in [1.165, 1.54) is 6.92 Å². The van der Waals surface area contributed by atoms with Gasteiger partial charge in [0.15, 0.2) is 0 Å². The quantitative estimate of drug-likeness (QED) is 0.623. The minimum Gasteiger partial charge on any atom is -0.466 e. The molecule has 0 N–H and O–H groups in total. The number of hydrogen-bond donors (Lipinski definition) is 0. The molecule has 0 aromatic carbocycles. The Balaban J connectivity index is 2.65. The monoisotopic (exact) mass is 184 g/mol. The lowest BCUT2D eigenvalue weighted by molar-refractivity contribution is -0.146. The summed E-state index contributed by atoms with van der Waals surface area (Å²) >= 11 is 0. The van der Waals surface area contributed by atoms with Crippen molar-refractivity contribution in [2.24, 2.45) is 17.3 Å². The first-order valence-corrected chi connectivity index (χ1v) is 4.60. The minimum absolute atomic E-state index is 0.0862. The van der Waals surface area contributed by atoms with Gasteiger partial charge in [0, 0.05) is 5.92 Å². The number of carbonyl (C=O) groups excluding carboxylic acids is 2. The van der Waals surface area contributed by atoms with E-state index in [1.807, 2.05) is 13.8 Å². The Morgan fingerprint density at radius 1 is 1.31 bits per heavy atom. The number of rotatable bonds is 3. The fourth-order valence-electron chi connectivity index (χ4n) is 2.07. The summed E-state index contributed by atoms with van der Waals surface area (Å²) in [4.78, 5) is 22.5. The van der Waals surface area contributed by atoms with Crippen LogP contribution in [0.4, 0.5) is 0 Å². The summed E-state index contributed by atoms with van der Waals surface area (Å²) < 4.78 is 4.89. The number of Topliss-reactive ketones (excluding diaryl/α,β-unsaturated/α-hetero) is 1. The Hall–Kier alpha value is -0.860. The molecule has 0 bridgehead atoms. The molecular weight excluding hydrogens is 168 g/mol. The van der Waals surface area contributed by atoms with Crippen LogP contribution in [0, 0.1) is 17.3 Å². The van der Waals surface area contributed by atoms with E-state index in [4.69, 9.17) is 4.74 Å². The Kier molecular flexibility index (Phi) is 2.46. The number of hydrogen-bond acceptors (Lipinski definition) is 3. The zero-order valence-corrected chi connectivity index (χ0v) is 8.59. The highest BCUT2D eigenvalue weighted by Crippen LogP contribution is 2.59. The minimum atomic E-state index is -0.229.